The number of nitrogens with two attached hydrogens (primary N) is 1. The van der Waals surface area contributed by atoms with Crippen molar-refractivity contribution in [2.75, 3.05) is 12.5 Å². The predicted octanol–water partition coefficient (Wildman–Crippen LogP) is -0.0242. The van der Waals surface area contributed by atoms with Crippen LogP contribution in [0.4, 0.5) is 0 Å². The van der Waals surface area contributed by atoms with Gasteiger partial charge in [-0.05, 0) is 24.6 Å². The maximum Gasteiger partial charge on any atom is 0.267 e. The molecule has 0 aliphatic rings. The second kappa shape index (κ2) is 9.13. The number of primary amides is 1. The van der Waals surface area contributed by atoms with Gasteiger partial charge < -0.3 is 5.73 Å². The van der Waals surface area contributed by atoms with Crippen LogP contribution in [0.2, 0.25) is 0 Å². The van der Waals surface area contributed by atoms with Crippen LogP contribution in [0.25, 0.3) is 0 Å². The summed E-state index contributed by atoms with van der Waals surface area (Å²) in [5, 5.41) is 0. The van der Waals surface area contributed by atoms with E-state index >= 15 is 0 Å². The van der Waals surface area contributed by atoms with Gasteiger partial charge in [0.2, 0.25) is 0 Å². The van der Waals surface area contributed by atoms with Crippen LogP contribution in [-0.2, 0) is 0 Å². The number of thioether (sulfide) groups is 1. The quantitative estimate of drug-likeness (QED) is 0.645. The second-order valence-corrected chi connectivity index (χ2v) is 2.80. The van der Waals surface area contributed by atoms with Crippen LogP contribution in [0.5, 0.6) is 0 Å². The Morgan fingerprint density at radius 2 is 2.00 bits per heavy atom. The summed E-state index contributed by atoms with van der Waals surface area (Å²) in [7, 11) is 0. The zero-order chi connectivity index (χ0) is 9.40. The highest BCUT2D eigenvalue weighted by Gasteiger charge is 1.95. The number of aromatic nitrogens is 1. The Kier molecular flexibility index (Phi) is 10.2. The van der Waals surface area contributed by atoms with Crippen LogP contribution in [0.15, 0.2) is 24.4 Å². The number of carbonyl (C=O) groups excluding carboxylic acids is 1. The third-order valence-corrected chi connectivity index (χ3v) is 0.917. The van der Waals surface area contributed by atoms with Gasteiger partial charge in [0.15, 0.2) is 0 Å². The highest BCUT2D eigenvalue weighted by Crippen LogP contribution is 1.88. The number of nitrogens with zero attached hydrogens (tertiary/aromatic N) is 1. The fourth-order valence-corrected chi connectivity index (χ4v) is 0.509. The lowest BCUT2D eigenvalue weighted by Gasteiger charge is -1.88. The summed E-state index contributed by atoms with van der Waals surface area (Å²) in [6.45, 7) is 0. The minimum absolute atomic E-state index is 0. The summed E-state index contributed by atoms with van der Waals surface area (Å²) >= 11 is 1.75. The topological polar surface area (TPSA) is 56.0 Å². The van der Waals surface area contributed by atoms with Crippen molar-refractivity contribution >= 4 is 26.1 Å². The van der Waals surface area contributed by atoms with E-state index in [9.17, 15) is 4.79 Å². The smallest absolute Gasteiger partial charge is 0.267 e. The summed E-state index contributed by atoms with van der Waals surface area (Å²) in [6, 6.07) is 5.02. The molecule has 1 rings (SSSR count). The van der Waals surface area contributed by atoms with Crippen LogP contribution in [-0.4, -0.2) is 31.8 Å². The van der Waals surface area contributed by atoms with E-state index in [2.05, 4.69) is 4.98 Å². The average Bonchev–Trinajstić information content (AvgIpc) is 2.07. The molecule has 0 bridgehead atoms. The molecular formula is C8H15BN2OS. The molecule has 13 heavy (non-hydrogen) atoms. The van der Waals surface area contributed by atoms with Crippen molar-refractivity contribution in [3.05, 3.63) is 30.1 Å². The maximum atomic E-state index is 10.4. The Morgan fingerprint density at radius 1 is 1.46 bits per heavy atom. The lowest BCUT2D eigenvalue weighted by Crippen LogP contribution is -2.12. The normalized spacial score (nSPS) is 7.54. The van der Waals surface area contributed by atoms with Gasteiger partial charge >= 0.3 is 0 Å². The SMILES string of the molecule is B.CSC.NC(=O)c1ccccn1. The third-order valence-electron chi connectivity index (χ3n) is 0.917. The Labute approximate surface area is 84.7 Å². The van der Waals surface area contributed by atoms with E-state index in [0.29, 0.717) is 5.69 Å². The average molecular weight is 198 g/mol. The summed E-state index contributed by atoms with van der Waals surface area (Å²) in [4.78, 5) is 14.1. The van der Waals surface area contributed by atoms with Crippen molar-refractivity contribution in [1.82, 2.24) is 4.98 Å². The molecule has 0 aliphatic carbocycles. The lowest BCUT2D eigenvalue weighted by molar-refractivity contribution is 0.0995. The van der Waals surface area contributed by atoms with Crippen LogP contribution >= 0.6 is 11.8 Å². The summed E-state index contributed by atoms with van der Waals surface area (Å²) in [5.74, 6) is -0.490. The molecule has 5 heteroatoms. The van der Waals surface area contributed by atoms with Crippen molar-refractivity contribution in [2.45, 2.75) is 0 Å². The molecule has 0 aromatic carbocycles. The molecule has 1 heterocycles. The standard InChI is InChI=1S/C6H6N2O.C2H6S.BH3/c7-6(9)5-3-1-2-4-8-5;1-3-2;/h1-4H,(H2,7,9);1-2H3;1H3. The molecule has 0 radical (unpaired) electrons. The van der Waals surface area contributed by atoms with Crippen LogP contribution in [0.1, 0.15) is 10.5 Å². The largest absolute Gasteiger partial charge is 0.364 e. The fourth-order valence-electron chi connectivity index (χ4n) is 0.509. The van der Waals surface area contributed by atoms with Crippen LogP contribution in [0.3, 0.4) is 0 Å². The van der Waals surface area contributed by atoms with E-state index in [1.54, 1.807) is 30.0 Å². The van der Waals surface area contributed by atoms with Gasteiger partial charge in [-0.15, -0.1) is 0 Å². The number of hydrogen-bond donors (Lipinski definition) is 1. The first kappa shape index (κ1) is 14.6. The van der Waals surface area contributed by atoms with Gasteiger partial charge in [-0.2, -0.15) is 11.8 Å². The molecule has 0 unspecified atom stereocenters. The Bertz CT molecular complexity index is 231. The molecule has 0 saturated carbocycles. The monoisotopic (exact) mass is 198 g/mol. The zero-order valence-corrected chi connectivity index (χ0v) is 7.97. The Morgan fingerprint density at radius 3 is 2.23 bits per heavy atom. The van der Waals surface area contributed by atoms with Gasteiger partial charge in [0.05, 0.1) is 8.41 Å². The van der Waals surface area contributed by atoms with Gasteiger partial charge in [-0.3, -0.25) is 9.78 Å². The second-order valence-electron chi connectivity index (χ2n) is 1.99. The third kappa shape index (κ3) is 7.40. The number of carbonyl (C=O) groups is 1. The fraction of sp³-hybridized carbons (Fsp3) is 0.250. The lowest BCUT2D eigenvalue weighted by atomic mass is 10.3. The highest BCUT2D eigenvalue weighted by atomic mass is 32.2. The number of pyridine rings is 1. The number of hydrogen-bond acceptors (Lipinski definition) is 3. The van der Waals surface area contributed by atoms with Crippen LogP contribution in [0, 0.1) is 0 Å². The molecule has 0 atom stereocenters. The van der Waals surface area contributed by atoms with Gasteiger partial charge in [0.25, 0.3) is 5.91 Å². The Balaban J connectivity index is 0. The highest BCUT2D eigenvalue weighted by molar-refractivity contribution is 7.97. The van der Waals surface area contributed by atoms with Crippen molar-refractivity contribution < 1.29 is 4.79 Å². The summed E-state index contributed by atoms with van der Waals surface area (Å²) in [5.41, 5.74) is 5.22. The van der Waals surface area contributed by atoms with E-state index in [1.807, 2.05) is 12.5 Å². The van der Waals surface area contributed by atoms with Crippen LogP contribution < -0.4 is 5.73 Å². The summed E-state index contributed by atoms with van der Waals surface area (Å²) in [6.07, 6.45) is 5.61. The molecule has 1 amide bonds. The summed E-state index contributed by atoms with van der Waals surface area (Å²) < 4.78 is 0. The Hall–Kier alpha value is -0.965. The molecule has 1 aromatic heterocycles. The molecule has 0 aliphatic heterocycles. The maximum absolute atomic E-state index is 10.4. The van der Waals surface area contributed by atoms with Gasteiger partial charge in [-0.1, -0.05) is 6.07 Å². The molecule has 3 nitrogen and oxygen atoms in total. The number of amides is 1. The molecule has 2 N–H and O–H groups in total. The molecule has 0 fully saturated rings. The van der Waals surface area contributed by atoms with E-state index in [-0.39, 0.29) is 8.41 Å². The van der Waals surface area contributed by atoms with E-state index < -0.39 is 5.91 Å². The molecule has 0 saturated heterocycles. The first-order valence-electron chi connectivity index (χ1n) is 3.33. The zero-order valence-electron chi connectivity index (χ0n) is 7.15. The van der Waals surface area contributed by atoms with E-state index in [4.69, 9.17) is 5.73 Å². The first-order valence-corrected chi connectivity index (χ1v) is 4.96. The molecule has 1 aromatic rings. The molecule has 72 valence electrons. The van der Waals surface area contributed by atoms with Crippen molar-refractivity contribution in [2.24, 2.45) is 5.73 Å². The molecular weight excluding hydrogens is 183 g/mol. The van der Waals surface area contributed by atoms with E-state index in [1.165, 1.54) is 6.20 Å². The predicted molar refractivity (Wildman–Crippen MR) is 62.1 cm³/mol. The van der Waals surface area contributed by atoms with Gasteiger partial charge in [-0.25, -0.2) is 0 Å². The van der Waals surface area contributed by atoms with Crippen molar-refractivity contribution in [1.29, 1.82) is 0 Å². The van der Waals surface area contributed by atoms with Gasteiger partial charge in [0.1, 0.15) is 5.69 Å². The van der Waals surface area contributed by atoms with Gasteiger partial charge in [0, 0.05) is 6.20 Å². The van der Waals surface area contributed by atoms with Crippen molar-refractivity contribution in [3.8, 4) is 0 Å². The minimum atomic E-state index is -0.490. The number of rotatable bonds is 1. The molecule has 0 spiro atoms. The van der Waals surface area contributed by atoms with E-state index in [0.717, 1.165) is 0 Å². The minimum Gasteiger partial charge on any atom is -0.364 e. The van der Waals surface area contributed by atoms with Crippen molar-refractivity contribution in [3.63, 3.8) is 0 Å². The first-order chi connectivity index (χ1) is 5.72.